The van der Waals surface area contributed by atoms with Crippen LogP contribution in [0, 0.1) is 34.8 Å². The summed E-state index contributed by atoms with van der Waals surface area (Å²) in [4.78, 5) is 12.3. The Morgan fingerprint density at radius 2 is 1.56 bits per heavy atom. The lowest BCUT2D eigenvalue weighted by Gasteiger charge is -2.28. The zero-order chi connectivity index (χ0) is 24.3. The number of unbranched alkanes of at least 4 members (excludes halogenated alkanes) is 4. The molecule has 0 atom stereocenters. The Morgan fingerprint density at radius 3 is 2.18 bits per heavy atom. The topological polar surface area (TPSA) is 59.3 Å². The molecule has 0 bridgehead atoms. The van der Waals surface area contributed by atoms with Crippen LogP contribution in [0.25, 0.3) is 0 Å². The Balaban J connectivity index is 1.41. The molecule has 0 spiro atoms. The molecule has 2 aromatic rings. The van der Waals surface area contributed by atoms with Gasteiger partial charge in [-0.25, -0.2) is 13.6 Å². The largest absolute Gasteiger partial charge is 0.493 e. The molecule has 0 radical (unpaired) electrons. The molecule has 0 unspecified atom stereocenters. The van der Waals surface area contributed by atoms with Crippen LogP contribution in [-0.2, 0) is 0 Å². The van der Waals surface area contributed by atoms with Crippen molar-refractivity contribution in [2.75, 3.05) is 6.61 Å². The van der Waals surface area contributed by atoms with Crippen LogP contribution in [0.5, 0.6) is 11.5 Å². The molecular weight excluding hydrogens is 436 g/mol. The fraction of sp³-hybridized carbons (Fsp3) is 0.500. The highest BCUT2D eigenvalue weighted by Crippen LogP contribution is 2.32. The summed E-state index contributed by atoms with van der Waals surface area (Å²) in [6, 6.07) is 9.57. The Bertz CT molecular complexity index is 953. The number of nitriles is 1. The second-order valence-corrected chi connectivity index (χ2v) is 9.19. The maximum Gasteiger partial charge on any atom is 0.343 e. The van der Waals surface area contributed by atoms with Gasteiger partial charge in [0.15, 0.2) is 0 Å². The fourth-order valence-electron chi connectivity index (χ4n) is 4.51. The van der Waals surface area contributed by atoms with Gasteiger partial charge in [0, 0.05) is 12.1 Å². The first-order chi connectivity index (χ1) is 16.5. The van der Waals surface area contributed by atoms with Gasteiger partial charge in [-0.05, 0) is 48.9 Å². The molecule has 1 aliphatic rings. The van der Waals surface area contributed by atoms with Gasteiger partial charge in [-0.1, -0.05) is 58.3 Å². The third-order valence-corrected chi connectivity index (χ3v) is 6.60. The van der Waals surface area contributed by atoms with E-state index in [2.05, 4.69) is 6.92 Å². The summed E-state index contributed by atoms with van der Waals surface area (Å²) in [5.41, 5.74) is -0.478. The van der Waals surface area contributed by atoms with Crippen molar-refractivity contribution in [2.45, 2.75) is 71.1 Å². The van der Waals surface area contributed by atoms with Crippen LogP contribution in [0.15, 0.2) is 36.4 Å². The van der Waals surface area contributed by atoms with Crippen molar-refractivity contribution in [1.82, 2.24) is 0 Å². The zero-order valence-corrected chi connectivity index (χ0v) is 19.8. The van der Waals surface area contributed by atoms with E-state index in [-0.39, 0.29) is 11.3 Å². The van der Waals surface area contributed by atoms with Gasteiger partial charge in [-0.15, -0.1) is 0 Å². The van der Waals surface area contributed by atoms with E-state index < -0.39 is 23.2 Å². The number of hydrogen-bond donors (Lipinski definition) is 0. The van der Waals surface area contributed by atoms with Gasteiger partial charge >= 0.3 is 5.97 Å². The summed E-state index contributed by atoms with van der Waals surface area (Å²) in [7, 11) is 0. The summed E-state index contributed by atoms with van der Waals surface area (Å²) < 4.78 is 38.4. The summed E-state index contributed by atoms with van der Waals surface area (Å²) >= 11 is 0. The average molecular weight is 470 g/mol. The molecule has 34 heavy (non-hydrogen) atoms. The molecule has 0 amide bonds. The normalized spacial score (nSPS) is 17.7. The number of esters is 1. The van der Waals surface area contributed by atoms with E-state index in [1.807, 2.05) is 0 Å². The van der Waals surface area contributed by atoms with Crippen LogP contribution >= 0.6 is 0 Å². The lowest BCUT2D eigenvalue weighted by molar-refractivity contribution is 0.0734. The molecule has 0 aromatic heterocycles. The van der Waals surface area contributed by atoms with E-state index in [0.29, 0.717) is 18.3 Å². The van der Waals surface area contributed by atoms with E-state index >= 15 is 0 Å². The van der Waals surface area contributed by atoms with Gasteiger partial charge in [0.2, 0.25) is 0 Å². The van der Waals surface area contributed by atoms with E-state index in [0.717, 1.165) is 18.1 Å². The van der Waals surface area contributed by atoms with Crippen molar-refractivity contribution in [3.8, 4) is 17.6 Å². The Hall–Kier alpha value is -2.94. The number of nitrogens with zero attached hydrogens (tertiary/aromatic N) is 1. The van der Waals surface area contributed by atoms with Crippen LogP contribution < -0.4 is 9.47 Å². The van der Waals surface area contributed by atoms with Crippen LogP contribution in [0.4, 0.5) is 8.78 Å². The number of halogens is 2. The smallest absolute Gasteiger partial charge is 0.343 e. The first-order valence-corrected chi connectivity index (χ1v) is 12.3. The van der Waals surface area contributed by atoms with E-state index in [4.69, 9.17) is 14.7 Å². The van der Waals surface area contributed by atoms with Crippen molar-refractivity contribution < 1.29 is 23.0 Å². The van der Waals surface area contributed by atoms with Gasteiger partial charge in [0.05, 0.1) is 12.2 Å². The molecule has 2 aromatic carbocycles. The molecule has 0 heterocycles. The van der Waals surface area contributed by atoms with Crippen molar-refractivity contribution in [3.63, 3.8) is 0 Å². The monoisotopic (exact) mass is 469 g/mol. The standard InChI is InChI=1S/C28H33F2NO3/c1-2-3-4-5-6-7-20-8-10-21(11-9-20)19-33-23-14-12-22(13-15-23)28(32)34-24-16-26(29)25(18-31)27(30)17-24/h12-17,20-21H,2-11,19H2,1H3/t20-,21-. The Kier molecular flexibility index (Phi) is 9.88. The molecule has 182 valence electrons. The van der Waals surface area contributed by atoms with Crippen LogP contribution in [0.1, 0.15) is 87.1 Å². The zero-order valence-electron chi connectivity index (χ0n) is 19.8. The summed E-state index contributed by atoms with van der Waals surface area (Å²) in [5, 5.41) is 8.72. The molecule has 4 nitrogen and oxygen atoms in total. The van der Waals surface area contributed by atoms with E-state index in [1.165, 1.54) is 70.3 Å². The average Bonchev–Trinajstić information content (AvgIpc) is 2.83. The fourth-order valence-corrected chi connectivity index (χ4v) is 4.51. The summed E-state index contributed by atoms with van der Waals surface area (Å²) in [5.74, 6) is -1.10. The third-order valence-electron chi connectivity index (χ3n) is 6.60. The second kappa shape index (κ2) is 13.1. The highest BCUT2D eigenvalue weighted by Gasteiger charge is 2.21. The Morgan fingerprint density at radius 1 is 0.941 bits per heavy atom. The number of ether oxygens (including phenoxy) is 2. The van der Waals surface area contributed by atoms with Gasteiger partial charge in [0.1, 0.15) is 34.8 Å². The van der Waals surface area contributed by atoms with Gasteiger partial charge in [-0.3, -0.25) is 0 Å². The van der Waals surface area contributed by atoms with Crippen molar-refractivity contribution >= 4 is 5.97 Å². The lowest BCUT2D eigenvalue weighted by atomic mass is 9.80. The molecule has 0 N–H and O–H groups in total. The summed E-state index contributed by atoms with van der Waals surface area (Å²) in [6.45, 7) is 2.91. The molecule has 3 rings (SSSR count). The highest BCUT2D eigenvalue weighted by atomic mass is 19.1. The van der Waals surface area contributed by atoms with Crippen LogP contribution in [-0.4, -0.2) is 12.6 Å². The first kappa shape index (κ1) is 25.7. The number of benzene rings is 2. The summed E-state index contributed by atoms with van der Waals surface area (Å²) in [6.07, 6.45) is 13.0. The van der Waals surface area contributed by atoms with E-state index in [1.54, 1.807) is 24.3 Å². The molecule has 0 aliphatic heterocycles. The number of carbonyl (C=O) groups is 1. The highest BCUT2D eigenvalue weighted by molar-refractivity contribution is 5.91. The third kappa shape index (κ3) is 7.55. The maximum absolute atomic E-state index is 13.7. The lowest BCUT2D eigenvalue weighted by Crippen LogP contribution is -2.20. The maximum atomic E-state index is 13.7. The van der Waals surface area contributed by atoms with Crippen LogP contribution in [0.2, 0.25) is 0 Å². The molecule has 1 fully saturated rings. The molecule has 1 aliphatic carbocycles. The van der Waals surface area contributed by atoms with E-state index in [9.17, 15) is 13.6 Å². The van der Waals surface area contributed by atoms with Gasteiger partial charge in [-0.2, -0.15) is 5.26 Å². The van der Waals surface area contributed by atoms with Crippen molar-refractivity contribution in [3.05, 3.63) is 59.2 Å². The second-order valence-electron chi connectivity index (χ2n) is 9.19. The minimum atomic E-state index is -1.07. The number of carbonyl (C=O) groups excluding carboxylic acids is 1. The first-order valence-electron chi connectivity index (χ1n) is 12.3. The van der Waals surface area contributed by atoms with Crippen molar-refractivity contribution in [1.29, 1.82) is 5.26 Å². The quantitative estimate of drug-likeness (QED) is 0.193. The van der Waals surface area contributed by atoms with Crippen LogP contribution in [0.3, 0.4) is 0 Å². The van der Waals surface area contributed by atoms with Crippen molar-refractivity contribution in [2.24, 2.45) is 11.8 Å². The minimum Gasteiger partial charge on any atom is -0.493 e. The number of rotatable bonds is 11. The molecule has 0 saturated heterocycles. The van der Waals surface area contributed by atoms with Gasteiger partial charge < -0.3 is 9.47 Å². The minimum absolute atomic E-state index is 0.233. The Labute approximate surface area is 200 Å². The molecule has 1 saturated carbocycles. The predicted molar refractivity (Wildman–Crippen MR) is 127 cm³/mol. The predicted octanol–water partition coefficient (Wildman–Crippen LogP) is 7.60. The molecular formula is C28H33F2NO3. The molecule has 6 heteroatoms. The SMILES string of the molecule is CCCCCCC[C@H]1CC[C@H](COc2ccc(C(=O)Oc3cc(F)c(C#N)c(F)c3)cc2)CC1. The number of hydrogen-bond acceptors (Lipinski definition) is 4. The van der Waals surface area contributed by atoms with Gasteiger partial charge in [0.25, 0.3) is 0 Å².